The van der Waals surface area contributed by atoms with Crippen molar-refractivity contribution in [3.05, 3.63) is 71.6 Å². The SMILES string of the molecule is C[C@]1(O)C[C@](O)(c2ncc(-c3ccc4nc5n(c4c3)[C@@H]3C[C@H]5NC(=O)c4cccc(OC(F)F)c43)cn2)C1. The predicted molar refractivity (Wildman–Crippen MR) is 131 cm³/mol. The Morgan fingerprint density at radius 2 is 1.89 bits per heavy atom. The summed E-state index contributed by atoms with van der Waals surface area (Å²) in [4.78, 5) is 26.4. The number of hydrogen-bond donors (Lipinski definition) is 3. The van der Waals surface area contributed by atoms with Crippen LogP contribution < -0.4 is 10.1 Å². The highest BCUT2D eigenvalue weighted by molar-refractivity contribution is 5.98. The summed E-state index contributed by atoms with van der Waals surface area (Å²) in [5.74, 6) is 0.543. The average Bonchev–Trinajstić information content (AvgIpc) is 3.34. The number of nitrogens with zero attached hydrogens (tertiary/aromatic N) is 4. The first-order valence-corrected chi connectivity index (χ1v) is 12.3. The normalized spacial score (nSPS) is 27.5. The second-order valence-electron chi connectivity index (χ2n) is 10.6. The molecular formula is C27H23F2N5O4. The number of amides is 1. The van der Waals surface area contributed by atoms with Crippen LogP contribution in [0.2, 0.25) is 0 Å². The van der Waals surface area contributed by atoms with Gasteiger partial charge in [-0.15, -0.1) is 0 Å². The van der Waals surface area contributed by atoms with Gasteiger partial charge in [-0.1, -0.05) is 12.1 Å². The first-order chi connectivity index (χ1) is 18.1. The van der Waals surface area contributed by atoms with Gasteiger partial charge in [-0.2, -0.15) is 8.78 Å². The monoisotopic (exact) mass is 519 g/mol. The molecule has 0 radical (unpaired) electrons. The topological polar surface area (TPSA) is 122 Å². The zero-order valence-corrected chi connectivity index (χ0v) is 20.2. The molecule has 11 heteroatoms. The van der Waals surface area contributed by atoms with Gasteiger partial charge in [0.05, 0.1) is 28.7 Å². The zero-order chi connectivity index (χ0) is 26.4. The number of aliphatic hydroxyl groups is 2. The lowest BCUT2D eigenvalue weighted by Crippen LogP contribution is -2.53. The van der Waals surface area contributed by atoms with Crippen LogP contribution in [0.25, 0.3) is 22.2 Å². The smallest absolute Gasteiger partial charge is 0.387 e. The van der Waals surface area contributed by atoms with Gasteiger partial charge in [-0.05, 0) is 43.2 Å². The Hall–Kier alpha value is -3.96. The molecule has 1 saturated carbocycles. The van der Waals surface area contributed by atoms with Crippen molar-refractivity contribution in [1.82, 2.24) is 24.8 Å². The fourth-order valence-electron chi connectivity index (χ4n) is 6.27. The van der Waals surface area contributed by atoms with Crippen LogP contribution in [-0.4, -0.2) is 47.9 Å². The van der Waals surface area contributed by atoms with E-state index in [0.717, 1.165) is 16.6 Å². The quantitative estimate of drug-likeness (QED) is 0.377. The number of hydrogen-bond acceptors (Lipinski definition) is 7. The van der Waals surface area contributed by atoms with E-state index < -0.39 is 23.9 Å². The highest BCUT2D eigenvalue weighted by Gasteiger charge is 2.53. The Bertz CT molecular complexity index is 1610. The summed E-state index contributed by atoms with van der Waals surface area (Å²) in [6, 6.07) is 9.46. The number of imidazole rings is 1. The molecular weight excluding hydrogens is 496 g/mol. The van der Waals surface area contributed by atoms with E-state index in [2.05, 4.69) is 15.3 Å². The maximum atomic E-state index is 13.2. The molecule has 0 unspecified atom stereocenters. The lowest BCUT2D eigenvalue weighted by Gasteiger charge is -2.46. The number of alkyl halides is 2. The van der Waals surface area contributed by atoms with E-state index in [0.29, 0.717) is 28.9 Å². The molecule has 4 heterocycles. The molecule has 9 nitrogen and oxygen atoms in total. The third-order valence-electron chi connectivity index (χ3n) is 7.71. The van der Waals surface area contributed by atoms with Gasteiger partial charge >= 0.3 is 6.61 Å². The molecule has 2 aromatic carbocycles. The average molecular weight is 520 g/mol. The van der Waals surface area contributed by atoms with Crippen molar-refractivity contribution in [2.24, 2.45) is 0 Å². The molecule has 0 saturated heterocycles. The molecule has 2 bridgehead atoms. The summed E-state index contributed by atoms with van der Waals surface area (Å²) in [5.41, 5.74) is 1.53. The molecule has 2 aliphatic heterocycles. The fraction of sp³-hybridized carbons (Fsp3) is 0.333. The lowest BCUT2D eigenvalue weighted by atomic mass is 9.68. The van der Waals surface area contributed by atoms with Gasteiger partial charge < -0.3 is 24.8 Å². The number of benzene rings is 2. The Kier molecular flexibility index (Phi) is 4.74. The summed E-state index contributed by atoms with van der Waals surface area (Å²) in [7, 11) is 0. The summed E-state index contributed by atoms with van der Waals surface area (Å²) in [5, 5.41) is 23.7. The van der Waals surface area contributed by atoms with Crippen molar-refractivity contribution in [3.63, 3.8) is 0 Å². The number of aromatic nitrogens is 4. The van der Waals surface area contributed by atoms with E-state index in [-0.39, 0.29) is 36.4 Å². The van der Waals surface area contributed by atoms with Crippen LogP contribution in [0.1, 0.15) is 65.8 Å². The highest BCUT2D eigenvalue weighted by atomic mass is 19.3. The number of nitrogens with one attached hydrogen (secondary N) is 1. The van der Waals surface area contributed by atoms with Crippen molar-refractivity contribution < 1.29 is 28.5 Å². The van der Waals surface area contributed by atoms with Crippen LogP contribution in [0.3, 0.4) is 0 Å². The van der Waals surface area contributed by atoms with Crippen LogP contribution in [0.15, 0.2) is 48.8 Å². The third kappa shape index (κ3) is 3.42. The second-order valence-corrected chi connectivity index (χ2v) is 10.6. The first-order valence-electron chi connectivity index (χ1n) is 12.3. The Labute approximate surface area is 215 Å². The minimum absolute atomic E-state index is 0.0268. The molecule has 3 aliphatic rings. The molecule has 1 fully saturated rings. The van der Waals surface area contributed by atoms with Crippen LogP contribution in [0, 0.1) is 0 Å². The molecule has 38 heavy (non-hydrogen) atoms. The minimum Gasteiger partial charge on any atom is -0.434 e. The van der Waals surface area contributed by atoms with Crippen molar-refractivity contribution in [3.8, 4) is 16.9 Å². The Morgan fingerprint density at radius 1 is 1.13 bits per heavy atom. The van der Waals surface area contributed by atoms with Gasteiger partial charge in [-0.3, -0.25) is 4.79 Å². The zero-order valence-electron chi connectivity index (χ0n) is 20.2. The maximum absolute atomic E-state index is 13.2. The van der Waals surface area contributed by atoms with E-state index in [1.165, 1.54) is 12.1 Å². The van der Waals surface area contributed by atoms with Crippen molar-refractivity contribution in [1.29, 1.82) is 0 Å². The van der Waals surface area contributed by atoms with Gasteiger partial charge in [0, 0.05) is 41.9 Å². The number of carbonyl (C=O) groups is 1. The Morgan fingerprint density at radius 3 is 2.61 bits per heavy atom. The molecule has 2 atom stereocenters. The molecule has 1 aliphatic carbocycles. The minimum atomic E-state index is -3.03. The third-order valence-corrected chi connectivity index (χ3v) is 7.71. The van der Waals surface area contributed by atoms with Crippen LogP contribution >= 0.6 is 0 Å². The summed E-state index contributed by atoms with van der Waals surface area (Å²) in [6.45, 7) is -1.36. The van der Waals surface area contributed by atoms with Gasteiger partial charge in [0.2, 0.25) is 0 Å². The van der Waals surface area contributed by atoms with E-state index in [4.69, 9.17) is 9.72 Å². The molecule has 1 amide bonds. The van der Waals surface area contributed by atoms with Gasteiger partial charge in [0.15, 0.2) is 5.82 Å². The first kappa shape index (κ1) is 23.2. The maximum Gasteiger partial charge on any atom is 0.387 e. The van der Waals surface area contributed by atoms with Gasteiger partial charge in [0.25, 0.3) is 5.91 Å². The second kappa shape index (κ2) is 7.78. The van der Waals surface area contributed by atoms with Crippen molar-refractivity contribution in [2.75, 3.05) is 0 Å². The fourth-order valence-corrected chi connectivity index (χ4v) is 6.27. The van der Waals surface area contributed by atoms with Crippen molar-refractivity contribution in [2.45, 2.75) is 56.1 Å². The van der Waals surface area contributed by atoms with Crippen LogP contribution in [-0.2, 0) is 5.60 Å². The number of halogens is 2. The molecule has 7 rings (SSSR count). The molecule has 3 N–H and O–H groups in total. The van der Waals surface area contributed by atoms with E-state index >= 15 is 0 Å². The number of rotatable bonds is 4. The lowest BCUT2D eigenvalue weighted by molar-refractivity contribution is -0.180. The number of ether oxygens (including phenoxy) is 1. The van der Waals surface area contributed by atoms with E-state index in [9.17, 15) is 23.8 Å². The number of carbonyl (C=O) groups excluding carboxylic acids is 1. The molecule has 2 aromatic heterocycles. The summed E-state index contributed by atoms with van der Waals surface area (Å²) < 4.78 is 33.3. The molecule has 4 aromatic rings. The summed E-state index contributed by atoms with van der Waals surface area (Å²) >= 11 is 0. The molecule has 0 spiro atoms. The van der Waals surface area contributed by atoms with Crippen molar-refractivity contribution >= 4 is 16.9 Å². The van der Waals surface area contributed by atoms with Crippen LogP contribution in [0.4, 0.5) is 8.78 Å². The Balaban J connectivity index is 1.31. The van der Waals surface area contributed by atoms with Gasteiger partial charge in [0.1, 0.15) is 17.2 Å². The largest absolute Gasteiger partial charge is 0.434 e. The standard InChI is InChI=1S/C27H23F2N5O4/c1-26(36)11-27(37,12-26)24-30-9-14(10-31-24)13-5-6-16-18(7-13)34-19-8-17(22(34)32-16)33-23(35)15-3-2-4-20(21(15)19)38-25(28)29/h2-7,9-10,17,19,25,36-37H,8,11-12H2,1H3,(H,33,35)/t17-,19-,26-,27+/m1/s1. The van der Waals surface area contributed by atoms with E-state index in [1.807, 2.05) is 22.8 Å². The highest BCUT2D eigenvalue weighted by Crippen LogP contribution is 2.48. The number of fused-ring (bicyclic) bond motifs is 9. The molecule has 194 valence electrons. The van der Waals surface area contributed by atoms with E-state index in [1.54, 1.807) is 25.4 Å². The summed E-state index contributed by atoms with van der Waals surface area (Å²) in [6.07, 6.45) is 4.06. The van der Waals surface area contributed by atoms with Gasteiger partial charge in [-0.25, -0.2) is 15.0 Å². The predicted octanol–water partition coefficient (Wildman–Crippen LogP) is 3.60. The van der Waals surface area contributed by atoms with Crippen LogP contribution in [0.5, 0.6) is 5.75 Å².